The number of ketones is 1. The van der Waals surface area contributed by atoms with Gasteiger partial charge >= 0.3 is 0 Å². The molecule has 5 rings (SSSR count). The number of halogens is 1. The minimum absolute atomic E-state index is 0.0463. The van der Waals surface area contributed by atoms with Gasteiger partial charge in [-0.3, -0.25) is 14.5 Å². The topological polar surface area (TPSA) is 151 Å². The number of Topliss-reactive ketones (excluding diaryl/α,β-unsaturated/α-hetero) is 1. The van der Waals surface area contributed by atoms with Gasteiger partial charge in [0, 0.05) is 11.3 Å². The Morgan fingerprint density at radius 2 is 1.71 bits per heavy atom. The third-order valence-corrected chi connectivity index (χ3v) is 9.44. The van der Waals surface area contributed by atoms with Crippen molar-refractivity contribution < 1.29 is 28.2 Å². The standard InChI is InChI=1S/C26H18ClN3O6S2/c27-18-12-15(8-11-19(18)31)22-21(23(32)14-6-9-16(28)10-7-14)24(33)25(34)30(22)26-29-13-20(37-26)38(35,36)17-4-2-1-3-5-17/h1-13,22,31,33H,28H2. The van der Waals surface area contributed by atoms with Crippen LogP contribution in [0.1, 0.15) is 22.0 Å². The van der Waals surface area contributed by atoms with Crippen LogP contribution in [0.2, 0.25) is 5.02 Å². The highest BCUT2D eigenvalue weighted by atomic mass is 35.5. The molecule has 0 aliphatic carbocycles. The number of nitrogens with zero attached hydrogens (tertiary/aromatic N) is 2. The summed E-state index contributed by atoms with van der Waals surface area (Å²) in [5.41, 5.74) is 6.33. The second kappa shape index (κ2) is 9.60. The minimum atomic E-state index is -3.94. The number of phenolic OH excluding ortho intramolecular Hbond substituents is 1. The number of aliphatic hydroxyl groups excluding tert-OH is 1. The quantitative estimate of drug-likeness (QED) is 0.224. The number of amides is 1. The summed E-state index contributed by atoms with van der Waals surface area (Å²) < 4.78 is 26.1. The van der Waals surface area contributed by atoms with Gasteiger partial charge in [-0.15, -0.1) is 0 Å². The smallest absolute Gasteiger partial charge is 0.296 e. The van der Waals surface area contributed by atoms with E-state index in [0.29, 0.717) is 17.0 Å². The van der Waals surface area contributed by atoms with Crippen molar-refractivity contribution in [2.45, 2.75) is 15.1 Å². The van der Waals surface area contributed by atoms with Gasteiger partial charge in [0.2, 0.25) is 9.84 Å². The van der Waals surface area contributed by atoms with E-state index in [1.54, 1.807) is 18.2 Å². The number of benzene rings is 3. The lowest BCUT2D eigenvalue weighted by molar-refractivity contribution is -0.117. The van der Waals surface area contributed by atoms with Crippen LogP contribution in [0.3, 0.4) is 0 Å². The van der Waals surface area contributed by atoms with Gasteiger partial charge in [0.15, 0.2) is 16.7 Å². The van der Waals surface area contributed by atoms with Crippen molar-refractivity contribution in [2.24, 2.45) is 0 Å². The molecule has 1 aliphatic heterocycles. The van der Waals surface area contributed by atoms with Gasteiger partial charge in [-0.25, -0.2) is 13.4 Å². The SMILES string of the molecule is Nc1ccc(C(=O)C2=C(O)C(=O)N(c3ncc(S(=O)(=O)c4ccccc4)s3)C2c2ccc(O)c(Cl)c2)cc1. The van der Waals surface area contributed by atoms with Crippen LogP contribution < -0.4 is 10.6 Å². The van der Waals surface area contributed by atoms with E-state index >= 15 is 0 Å². The Balaban J connectivity index is 1.63. The number of aromatic nitrogens is 1. The highest BCUT2D eigenvalue weighted by Crippen LogP contribution is 2.45. The summed E-state index contributed by atoms with van der Waals surface area (Å²) in [6.07, 6.45) is 1.12. The van der Waals surface area contributed by atoms with Crippen molar-refractivity contribution >= 4 is 55.3 Å². The Morgan fingerprint density at radius 1 is 1.03 bits per heavy atom. The molecule has 9 nitrogen and oxygen atoms in total. The first-order chi connectivity index (χ1) is 18.1. The maximum absolute atomic E-state index is 13.5. The molecule has 3 aromatic carbocycles. The lowest BCUT2D eigenvalue weighted by atomic mass is 9.93. The summed E-state index contributed by atoms with van der Waals surface area (Å²) in [7, 11) is -3.94. The number of hydrogen-bond donors (Lipinski definition) is 3. The van der Waals surface area contributed by atoms with Crippen LogP contribution in [0.15, 0.2) is 99.4 Å². The Bertz CT molecular complexity index is 1720. The normalized spacial score (nSPS) is 15.8. The fourth-order valence-electron chi connectivity index (χ4n) is 4.04. The fourth-order valence-corrected chi connectivity index (χ4v) is 6.79. The molecule has 1 unspecified atom stereocenters. The second-order valence-corrected chi connectivity index (χ2v) is 11.9. The number of nitrogens with two attached hydrogens (primary N) is 1. The Labute approximate surface area is 226 Å². The van der Waals surface area contributed by atoms with Crippen LogP contribution in [0, 0.1) is 0 Å². The van der Waals surface area contributed by atoms with Crippen molar-refractivity contribution in [3.63, 3.8) is 0 Å². The maximum atomic E-state index is 13.5. The van der Waals surface area contributed by atoms with E-state index < -0.39 is 33.3 Å². The molecule has 0 fully saturated rings. The summed E-state index contributed by atoms with van der Waals surface area (Å²) in [6, 6.07) is 16.5. The highest BCUT2D eigenvalue weighted by molar-refractivity contribution is 7.93. The first-order valence-electron chi connectivity index (χ1n) is 11.0. The van der Waals surface area contributed by atoms with Crippen LogP contribution in [-0.4, -0.2) is 35.3 Å². The zero-order valence-corrected chi connectivity index (χ0v) is 21.7. The van der Waals surface area contributed by atoms with E-state index in [1.807, 2.05) is 0 Å². The fraction of sp³-hybridized carbons (Fsp3) is 0.0385. The Morgan fingerprint density at radius 3 is 2.37 bits per heavy atom. The van der Waals surface area contributed by atoms with Crippen molar-refractivity contribution in [1.82, 2.24) is 4.98 Å². The molecule has 38 heavy (non-hydrogen) atoms. The molecule has 0 spiro atoms. The number of aromatic hydroxyl groups is 1. The molecule has 4 aromatic rings. The predicted octanol–water partition coefficient (Wildman–Crippen LogP) is 4.70. The number of thiazole rings is 1. The zero-order valence-electron chi connectivity index (χ0n) is 19.3. The third kappa shape index (κ3) is 4.30. The van der Waals surface area contributed by atoms with Gasteiger partial charge in [-0.1, -0.05) is 47.2 Å². The molecular weight excluding hydrogens is 550 g/mol. The molecule has 192 valence electrons. The van der Waals surface area contributed by atoms with Crippen molar-refractivity contribution in [2.75, 3.05) is 10.6 Å². The Kier molecular flexibility index (Phi) is 6.43. The number of carbonyl (C=O) groups excluding carboxylic acids is 2. The number of nitrogen functional groups attached to an aromatic ring is 1. The van der Waals surface area contributed by atoms with Gasteiger partial charge in [-0.2, -0.15) is 0 Å². The van der Waals surface area contributed by atoms with Gasteiger partial charge in [-0.05, 0) is 54.1 Å². The van der Waals surface area contributed by atoms with E-state index in [4.69, 9.17) is 17.3 Å². The van der Waals surface area contributed by atoms with Crippen molar-refractivity contribution in [3.05, 3.63) is 106 Å². The molecule has 2 heterocycles. The molecule has 1 aliphatic rings. The summed E-state index contributed by atoms with van der Waals surface area (Å²) in [6.45, 7) is 0. The molecule has 0 saturated carbocycles. The molecule has 0 saturated heterocycles. The number of hydrogen-bond acceptors (Lipinski definition) is 9. The van der Waals surface area contributed by atoms with E-state index in [9.17, 15) is 28.2 Å². The number of phenols is 1. The lowest BCUT2D eigenvalue weighted by Crippen LogP contribution is -2.31. The molecule has 1 amide bonds. The van der Waals surface area contributed by atoms with Crippen molar-refractivity contribution in [3.8, 4) is 5.75 Å². The molecular formula is C26H18ClN3O6S2. The van der Waals surface area contributed by atoms with Crippen LogP contribution >= 0.6 is 22.9 Å². The molecule has 0 radical (unpaired) electrons. The van der Waals surface area contributed by atoms with E-state index in [-0.39, 0.29) is 41.7 Å². The van der Waals surface area contributed by atoms with Gasteiger partial charge < -0.3 is 15.9 Å². The van der Waals surface area contributed by atoms with Crippen molar-refractivity contribution in [1.29, 1.82) is 0 Å². The van der Waals surface area contributed by atoms with E-state index in [0.717, 1.165) is 11.1 Å². The molecule has 4 N–H and O–H groups in total. The van der Waals surface area contributed by atoms with Crippen LogP contribution in [0.25, 0.3) is 0 Å². The number of aliphatic hydroxyl groups is 1. The third-order valence-electron chi connectivity index (χ3n) is 5.91. The van der Waals surface area contributed by atoms with Crippen LogP contribution in [0.5, 0.6) is 5.75 Å². The minimum Gasteiger partial charge on any atom is -0.506 e. The van der Waals surface area contributed by atoms with E-state index in [2.05, 4.69) is 4.98 Å². The van der Waals surface area contributed by atoms with Crippen LogP contribution in [-0.2, 0) is 14.6 Å². The summed E-state index contributed by atoms with van der Waals surface area (Å²) >= 11 is 6.84. The number of sulfone groups is 1. The second-order valence-electron chi connectivity index (χ2n) is 8.28. The maximum Gasteiger partial charge on any atom is 0.296 e. The molecule has 12 heteroatoms. The van der Waals surface area contributed by atoms with Crippen LogP contribution in [0.4, 0.5) is 10.8 Å². The number of rotatable bonds is 6. The van der Waals surface area contributed by atoms with Gasteiger partial charge in [0.25, 0.3) is 5.91 Å². The summed E-state index contributed by atoms with van der Waals surface area (Å²) in [5.74, 6) is -2.64. The van der Waals surface area contributed by atoms with Gasteiger partial charge in [0.1, 0.15) is 9.96 Å². The summed E-state index contributed by atoms with van der Waals surface area (Å²) in [5, 5.41) is 20.7. The zero-order chi connectivity index (χ0) is 27.2. The van der Waals surface area contributed by atoms with E-state index in [1.165, 1.54) is 54.6 Å². The van der Waals surface area contributed by atoms with Gasteiger partial charge in [0.05, 0.1) is 27.7 Å². The first kappa shape index (κ1) is 25.5. The molecule has 1 atom stereocenters. The largest absolute Gasteiger partial charge is 0.506 e. The molecule has 1 aromatic heterocycles. The number of carbonyl (C=O) groups is 2. The monoisotopic (exact) mass is 567 g/mol. The first-order valence-corrected chi connectivity index (χ1v) is 13.7. The highest BCUT2D eigenvalue weighted by Gasteiger charge is 2.46. The Hall–Kier alpha value is -4.19. The lowest BCUT2D eigenvalue weighted by Gasteiger charge is -2.24. The average molecular weight is 568 g/mol. The number of anilines is 2. The molecule has 0 bridgehead atoms. The summed E-state index contributed by atoms with van der Waals surface area (Å²) in [4.78, 5) is 32.1. The predicted molar refractivity (Wildman–Crippen MR) is 142 cm³/mol. The average Bonchev–Trinajstić information content (AvgIpc) is 3.50.